The largest absolute Gasteiger partial charge is 0.500 e. The van der Waals surface area contributed by atoms with E-state index in [4.69, 9.17) is 18.4 Å². The number of ether oxygens (including phenoxy) is 1. The van der Waals surface area contributed by atoms with Gasteiger partial charge < -0.3 is 28.4 Å². The third-order valence-corrected chi connectivity index (χ3v) is 5.50. The van der Waals surface area contributed by atoms with Gasteiger partial charge in [0.15, 0.2) is 0 Å². The van der Waals surface area contributed by atoms with Crippen LogP contribution in [0.1, 0.15) is 27.2 Å². The van der Waals surface area contributed by atoms with Crippen LogP contribution in [-0.2, 0) is 18.0 Å². The summed E-state index contributed by atoms with van der Waals surface area (Å²) < 4.78 is 21.8. The molecule has 0 aliphatic carbocycles. The molecule has 0 saturated carbocycles. The van der Waals surface area contributed by atoms with Gasteiger partial charge in [-0.2, -0.15) is 0 Å². The predicted molar refractivity (Wildman–Crippen MR) is 76.5 cm³/mol. The van der Waals surface area contributed by atoms with Gasteiger partial charge in [0, 0.05) is 32.4 Å². The molecule has 0 unspecified atom stereocenters. The summed E-state index contributed by atoms with van der Waals surface area (Å²) in [4.78, 5) is 11.2. The van der Waals surface area contributed by atoms with Crippen LogP contribution in [0.3, 0.4) is 0 Å². The molecule has 0 fully saturated rings. The molecule has 1 amide bonds. The summed E-state index contributed by atoms with van der Waals surface area (Å²) >= 11 is 0. The van der Waals surface area contributed by atoms with Crippen LogP contribution in [0.4, 0.5) is 4.79 Å². The smallest absolute Gasteiger partial charge is 0.447 e. The molecule has 0 atom stereocenters. The van der Waals surface area contributed by atoms with Gasteiger partial charge in [-0.15, -0.1) is 0 Å². The SMILES string of the molecule is CCO[Si](CCCNC(=O)OCCO)(OCC)OCC. The van der Waals surface area contributed by atoms with Crippen molar-refractivity contribution < 1.29 is 27.9 Å². The molecule has 120 valence electrons. The third-order valence-electron chi connectivity index (χ3n) is 2.35. The maximum absolute atomic E-state index is 11.2. The Morgan fingerprint density at radius 3 is 2.10 bits per heavy atom. The highest BCUT2D eigenvalue weighted by Gasteiger charge is 2.39. The fourth-order valence-corrected chi connectivity index (χ4v) is 4.30. The first-order valence-electron chi connectivity index (χ1n) is 7.07. The number of alkyl carbamates (subject to hydrolysis) is 1. The summed E-state index contributed by atoms with van der Waals surface area (Å²) in [5, 5.41) is 11.1. The van der Waals surface area contributed by atoms with Gasteiger partial charge in [0.2, 0.25) is 0 Å². The van der Waals surface area contributed by atoms with Gasteiger partial charge >= 0.3 is 14.9 Å². The van der Waals surface area contributed by atoms with Crippen LogP contribution in [0, 0.1) is 0 Å². The molecule has 0 spiro atoms. The summed E-state index contributed by atoms with van der Waals surface area (Å²) in [6, 6.07) is 0.642. The molecule has 20 heavy (non-hydrogen) atoms. The molecular weight excluding hydrogens is 282 g/mol. The molecule has 0 aromatic rings. The van der Waals surface area contributed by atoms with E-state index in [0.717, 1.165) is 0 Å². The van der Waals surface area contributed by atoms with Crippen LogP contribution in [0.5, 0.6) is 0 Å². The van der Waals surface area contributed by atoms with E-state index in [0.29, 0.717) is 38.8 Å². The minimum Gasteiger partial charge on any atom is -0.447 e. The number of hydrogen-bond acceptors (Lipinski definition) is 6. The third kappa shape index (κ3) is 8.49. The van der Waals surface area contributed by atoms with Crippen molar-refractivity contribution in [3.05, 3.63) is 0 Å². The number of aliphatic hydroxyl groups is 1. The molecule has 0 aromatic carbocycles. The van der Waals surface area contributed by atoms with Crippen molar-refractivity contribution in [3.8, 4) is 0 Å². The topological polar surface area (TPSA) is 86.3 Å². The molecular formula is C12H27NO6Si. The van der Waals surface area contributed by atoms with E-state index in [-0.39, 0.29) is 13.2 Å². The molecule has 0 radical (unpaired) electrons. The Labute approximate surface area is 121 Å². The number of carbonyl (C=O) groups excluding carboxylic acids is 1. The number of rotatable bonds is 12. The lowest BCUT2D eigenvalue weighted by Gasteiger charge is -2.28. The Kier molecular flexibility index (Phi) is 11.7. The number of amides is 1. The average molecular weight is 309 g/mol. The van der Waals surface area contributed by atoms with Gasteiger partial charge in [0.1, 0.15) is 6.61 Å². The molecule has 0 bridgehead atoms. The van der Waals surface area contributed by atoms with Crippen LogP contribution in [0.25, 0.3) is 0 Å². The van der Waals surface area contributed by atoms with E-state index in [9.17, 15) is 4.79 Å². The summed E-state index contributed by atoms with van der Waals surface area (Å²) in [6.45, 7) is 7.61. The summed E-state index contributed by atoms with van der Waals surface area (Å²) in [5.41, 5.74) is 0. The standard InChI is InChI=1S/C12H27NO6Si/c1-4-17-20(18-5-2,19-6-3)11-7-8-13-12(15)16-10-9-14/h14H,4-11H2,1-3H3,(H,13,15). The minimum absolute atomic E-state index is 0.00135. The van der Waals surface area contributed by atoms with Gasteiger partial charge in [-0.3, -0.25) is 0 Å². The van der Waals surface area contributed by atoms with Crippen LogP contribution in [0.15, 0.2) is 0 Å². The van der Waals surface area contributed by atoms with E-state index in [1.165, 1.54) is 0 Å². The van der Waals surface area contributed by atoms with Crippen LogP contribution >= 0.6 is 0 Å². The molecule has 8 heteroatoms. The Hall–Kier alpha value is -0.673. The first kappa shape index (κ1) is 19.3. The first-order valence-corrected chi connectivity index (χ1v) is 9.00. The Morgan fingerprint density at radius 2 is 1.65 bits per heavy atom. The van der Waals surface area contributed by atoms with Crippen LogP contribution in [-0.4, -0.2) is 59.6 Å². The predicted octanol–water partition coefficient (Wildman–Crippen LogP) is 1.14. The highest BCUT2D eigenvalue weighted by Crippen LogP contribution is 2.17. The second-order valence-electron chi connectivity index (χ2n) is 3.87. The molecule has 0 aliphatic heterocycles. The van der Waals surface area contributed by atoms with Crippen LogP contribution < -0.4 is 5.32 Å². The molecule has 2 N–H and O–H groups in total. The molecule has 0 aliphatic rings. The molecule has 0 heterocycles. The van der Waals surface area contributed by atoms with E-state index in [1.807, 2.05) is 20.8 Å². The maximum Gasteiger partial charge on any atom is 0.500 e. The second kappa shape index (κ2) is 12.1. The number of carbonyl (C=O) groups is 1. The van der Waals surface area contributed by atoms with Crippen molar-refractivity contribution in [1.82, 2.24) is 5.32 Å². The Balaban J connectivity index is 4.08. The summed E-state index contributed by atoms with van der Waals surface area (Å²) in [5.74, 6) is 0. The highest BCUT2D eigenvalue weighted by molar-refractivity contribution is 6.60. The lowest BCUT2D eigenvalue weighted by Crippen LogP contribution is -2.46. The zero-order valence-corrected chi connectivity index (χ0v) is 13.6. The number of aliphatic hydroxyl groups excluding tert-OH is 1. The van der Waals surface area contributed by atoms with E-state index < -0.39 is 14.9 Å². The minimum atomic E-state index is -2.63. The van der Waals surface area contributed by atoms with Crippen molar-refractivity contribution in [2.45, 2.75) is 33.2 Å². The fourth-order valence-electron chi connectivity index (χ4n) is 1.69. The van der Waals surface area contributed by atoms with Crippen molar-refractivity contribution in [2.75, 3.05) is 39.6 Å². The molecule has 7 nitrogen and oxygen atoms in total. The van der Waals surface area contributed by atoms with Crippen molar-refractivity contribution in [2.24, 2.45) is 0 Å². The van der Waals surface area contributed by atoms with Crippen molar-refractivity contribution in [3.63, 3.8) is 0 Å². The lowest BCUT2D eigenvalue weighted by atomic mass is 10.5. The maximum atomic E-state index is 11.2. The first-order chi connectivity index (χ1) is 9.64. The van der Waals surface area contributed by atoms with Crippen LogP contribution in [0.2, 0.25) is 6.04 Å². The van der Waals surface area contributed by atoms with Gasteiger partial charge in [0.25, 0.3) is 0 Å². The normalized spacial score (nSPS) is 11.4. The molecule has 0 saturated heterocycles. The lowest BCUT2D eigenvalue weighted by molar-refractivity contribution is 0.0706. The van der Waals surface area contributed by atoms with Gasteiger partial charge in [-0.05, 0) is 27.2 Å². The fraction of sp³-hybridized carbons (Fsp3) is 0.917. The molecule has 0 rings (SSSR count). The second-order valence-corrected chi connectivity index (χ2v) is 6.60. The van der Waals surface area contributed by atoms with E-state index in [1.54, 1.807) is 0 Å². The van der Waals surface area contributed by atoms with E-state index in [2.05, 4.69) is 10.1 Å². The average Bonchev–Trinajstić information content (AvgIpc) is 2.42. The quantitative estimate of drug-likeness (QED) is 0.415. The number of hydrogen-bond donors (Lipinski definition) is 2. The van der Waals surface area contributed by atoms with Gasteiger partial charge in [-0.1, -0.05) is 0 Å². The van der Waals surface area contributed by atoms with Gasteiger partial charge in [-0.25, -0.2) is 4.79 Å². The van der Waals surface area contributed by atoms with Gasteiger partial charge in [0.05, 0.1) is 6.61 Å². The summed E-state index contributed by atoms with van der Waals surface area (Å²) in [7, 11) is -2.63. The zero-order valence-electron chi connectivity index (χ0n) is 12.6. The Morgan fingerprint density at radius 1 is 1.10 bits per heavy atom. The van der Waals surface area contributed by atoms with E-state index >= 15 is 0 Å². The van der Waals surface area contributed by atoms with Crippen molar-refractivity contribution >= 4 is 14.9 Å². The zero-order chi connectivity index (χ0) is 15.3. The molecule has 0 aromatic heterocycles. The Bertz CT molecular complexity index is 237. The number of nitrogens with one attached hydrogen (secondary N) is 1. The highest BCUT2D eigenvalue weighted by atomic mass is 28.4. The monoisotopic (exact) mass is 309 g/mol. The van der Waals surface area contributed by atoms with Crippen molar-refractivity contribution in [1.29, 1.82) is 0 Å². The summed E-state index contributed by atoms with van der Waals surface area (Å²) in [6.07, 6.45) is 0.149.